The first-order valence-electron chi connectivity index (χ1n) is 11.9. The normalized spacial score (nSPS) is 35.9. The zero-order valence-corrected chi connectivity index (χ0v) is 20.6. The molecule has 1 aromatic carbocycles. The number of aliphatic hydroxyl groups excluding tert-OH is 1. The number of methoxy groups -OCH3 is 1. The molecule has 178 valence electrons. The van der Waals surface area contributed by atoms with Crippen LogP contribution >= 0.6 is 15.9 Å². The summed E-state index contributed by atoms with van der Waals surface area (Å²) in [6.45, 7) is 0.595. The van der Waals surface area contributed by atoms with Crippen LogP contribution in [-0.4, -0.2) is 46.6 Å². The van der Waals surface area contributed by atoms with Gasteiger partial charge in [-0.25, -0.2) is 0 Å². The first-order valence-corrected chi connectivity index (χ1v) is 12.7. The van der Waals surface area contributed by atoms with E-state index in [1.165, 1.54) is 0 Å². The molecule has 2 aromatic rings. The lowest BCUT2D eigenvalue weighted by molar-refractivity contribution is -0.163. The fraction of sp³-hybridized carbons (Fsp3) is 0.444. The van der Waals surface area contributed by atoms with Crippen molar-refractivity contribution in [3.63, 3.8) is 0 Å². The zero-order valence-electron chi connectivity index (χ0n) is 19.0. The van der Waals surface area contributed by atoms with Crippen LogP contribution < -0.4 is 14.8 Å². The van der Waals surface area contributed by atoms with Crippen LogP contribution in [0.1, 0.15) is 36.3 Å². The van der Waals surface area contributed by atoms with Crippen molar-refractivity contribution >= 4 is 15.9 Å². The Balaban J connectivity index is 1.58. The highest BCUT2D eigenvalue weighted by atomic mass is 79.9. The maximum atomic E-state index is 12.7. The molecule has 1 aliphatic heterocycles. The van der Waals surface area contributed by atoms with Gasteiger partial charge in [0.2, 0.25) is 0 Å². The Hall–Kier alpha value is -2.19. The van der Waals surface area contributed by atoms with Gasteiger partial charge in [-0.3, -0.25) is 4.98 Å². The minimum Gasteiger partial charge on any atom is -0.495 e. The lowest BCUT2D eigenvalue weighted by atomic mass is 9.66. The second-order valence-corrected chi connectivity index (χ2v) is 10.8. The van der Waals surface area contributed by atoms with E-state index in [0.717, 1.165) is 22.9 Å². The number of fused-ring (bicyclic) bond motifs is 3. The molecule has 6 nitrogen and oxygen atoms in total. The third kappa shape index (κ3) is 3.07. The van der Waals surface area contributed by atoms with Gasteiger partial charge in [0.25, 0.3) is 0 Å². The van der Waals surface area contributed by atoms with E-state index in [1.54, 1.807) is 19.5 Å². The summed E-state index contributed by atoms with van der Waals surface area (Å²) in [7, 11) is 1.56. The standard InChI is InChI=1S/C27H29BrN2O4/c1-33-21-14-29-15-22-24(21)26(32)25(31)20(13-30-19-11-12-19)23(16-5-3-2-4-6-16)27(26,34-22)17-7-9-18(28)10-8-17/h2-7,9-10,14-15,17,19-20,23,25,30-32H,8,11-13H2,1H3/t17?,20-,23-,25-,26+,27+/m1/s1. The van der Waals surface area contributed by atoms with Gasteiger partial charge in [0.15, 0.2) is 11.2 Å². The Morgan fingerprint density at radius 2 is 2.03 bits per heavy atom. The van der Waals surface area contributed by atoms with Crippen molar-refractivity contribution in [2.45, 2.75) is 48.5 Å². The van der Waals surface area contributed by atoms with Crippen LogP contribution in [0.2, 0.25) is 0 Å². The second kappa shape index (κ2) is 8.19. The van der Waals surface area contributed by atoms with Gasteiger partial charge in [-0.1, -0.05) is 64.5 Å². The summed E-state index contributed by atoms with van der Waals surface area (Å²) in [6, 6.07) is 10.6. The molecule has 0 bridgehead atoms. The van der Waals surface area contributed by atoms with Crippen molar-refractivity contribution < 1.29 is 19.7 Å². The van der Waals surface area contributed by atoms with Gasteiger partial charge in [0.05, 0.1) is 31.2 Å². The van der Waals surface area contributed by atoms with Crippen LogP contribution in [-0.2, 0) is 5.60 Å². The molecule has 3 aliphatic carbocycles. The monoisotopic (exact) mass is 524 g/mol. The van der Waals surface area contributed by atoms with Gasteiger partial charge >= 0.3 is 0 Å². The summed E-state index contributed by atoms with van der Waals surface area (Å²) in [5.74, 6) is 0.193. The largest absolute Gasteiger partial charge is 0.495 e. The van der Waals surface area contributed by atoms with E-state index in [4.69, 9.17) is 9.47 Å². The maximum Gasteiger partial charge on any atom is 0.164 e. The number of aliphatic hydroxyl groups is 2. The number of allylic oxidation sites excluding steroid dienone is 3. The van der Waals surface area contributed by atoms with Crippen LogP contribution in [0.4, 0.5) is 0 Å². The van der Waals surface area contributed by atoms with Crippen LogP contribution in [0.25, 0.3) is 0 Å². The molecule has 0 radical (unpaired) electrons. The van der Waals surface area contributed by atoms with Crippen molar-refractivity contribution in [2.75, 3.05) is 13.7 Å². The molecule has 7 heteroatoms. The highest BCUT2D eigenvalue weighted by Gasteiger charge is 2.77. The molecule has 4 aliphatic rings. The number of ether oxygens (including phenoxy) is 2. The number of hydrogen-bond donors (Lipinski definition) is 3. The van der Waals surface area contributed by atoms with Crippen LogP contribution in [0.5, 0.6) is 11.5 Å². The summed E-state index contributed by atoms with van der Waals surface area (Å²) in [5, 5.41) is 28.3. The fourth-order valence-corrected chi connectivity index (χ4v) is 6.79. The van der Waals surface area contributed by atoms with Gasteiger partial charge in [0.1, 0.15) is 11.5 Å². The quantitative estimate of drug-likeness (QED) is 0.533. The van der Waals surface area contributed by atoms with E-state index in [0.29, 0.717) is 36.1 Å². The SMILES string of the molecule is COc1cncc2c1[C@]1(O)[C@H](O)[C@H](CNC3CC3)[C@@H](c3ccccc3)[C@]1(C1C=CC(Br)=CC1)O2. The first kappa shape index (κ1) is 22.3. The number of benzene rings is 1. The van der Waals surface area contributed by atoms with Gasteiger partial charge < -0.3 is 25.0 Å². The Labute approximate surface area is 207 Å². The topological polar surface area (TPSA) is 83.8 Å². The number of aromatic nitrogens is 1. The van der Waals surface area contributed by atoms with Crippen molar-refractivity contribution in [1.29, 1.82) is 0 Å². The third-order valence-electron chi connectivity index (χ3n) is 8.06. The van der Waals surface area contributed by atoms with Crippen LogP contribution in [0, 0.1) is 11.8 Å². The highest BCUT2D eigenvalue weighted by Crippen LogP contribution is 2.68. The van der Waals surface area contributed by atoms with E-state index >= 15 is 0 Å². The number of rotatable bonds is 6. The lowest BCUT2D eigenvalue weighted by Gasteiger charge is -2.45. The minimum absolute atomic E-state index is 0.179. The zero-order chi connectivity index (χ0) is 23.5. The lowest BCUT2D eigenvalue weighted by Crippen LogP contribution is -2.58. The number of pyridine rings is 1. The summed E-state index contributed by atoms with van der Waals surface area (Å²) < 4.78 is 13.5. The van der Waals surface area contributed by atoms with E-state index in [9.17, 15) is 10.2 Å². The van der Waals surface area contributed by atoms with E-state index in [-0.39, 0.29) is 17.8 Å². The first-order chi connectivity index (χ1) is 16.5. The Bertz CT molecular complexity index is 1150. The molecule has 0 amide bonds. The van der Waals surface area contributed by atoms with Crippen LogP contribution in [0.3, 0.4) is 0 Å². The number of hydrogen-bond acceptors (Lipinski definition) is 6. The molecule has 0 spiro atoms. The molecule has 2 saturated carbocycles. The molecular formula is C27H29BrN2O4. The number of halogens is 1. The molecular weight excluding hydrogens is 496 g/mol. The molecule has 34 heavy (non-hydrogen) atoms. The van der Waals surface area contributed by atoms with E-state index in [2.05, 4.69) is 50.5 Å². The van der Waals surface area contributed by atoms with Crippen molar-refractivity contribution in [2.24, 2.45) is 11.8 Å². The Morgan fingerprint density at radius 3 is 2.71 bits per heavy atom. The Kier molecular flexibility index (Phi) is 5.37. The molecule has 2 heterocycles. The molecule has 6 rings (SSSR count). The van der Waals surface area contributed by atoms with Crippen LogP contribution in [0.15, 0.2) is 65.4 Å². The molecule has 1 aromatic heterocycles. The van der Waals surface area contributed by atoms with E-state index < -0.39 is 17.3 Å². The number of nitrogens with zero attached hydrogens (tertiary/aromatic N) is 1. The van der Waals surface area contributed by atoms with Gasteiger partial charge in [-0.2, -0.15) is 0 Å². The minimum atomic E-state index is -1.68. The average Bonchev–Trinajstić information content (AvgIpc) is 3.62. The highest BCUT2D eigenvalue weighted by molar-refractivity contribution is 9.11. The predicted molar refractivity (Wildman–Crippen MR) is 132 cm³/mol. The molecule has 1 unspecified atom stereocenters. The average molecular weight is 525 g/mol. The van der Waals surface area contributed by atoms with Crippen molar-refractivity contribution in [3.8, 4) is 11.5 Å². The van der Waals surface area contributed by atoms with Gasteiger partial charge in [-0.05, 0) is 24.8 Å². The third-order valence-corrected chi connectivity index (χ3v) is 8.65. The van der Waals surface area contributed by atoms with E-state index in [1.807, 2.05) is 24.3 Å². The van der Waals surface area contributed by atoms with Gasteiger partial charge in [0, 0.05) is 34.8 Å². The fourth-order valence-electron chi connectivity index (χ4n) is 6.45. The molecule has 0 saturated heterocycles. The summed E-state index contributed by atoms with van der Waals surface area (Å²) >= 11 is 3.57. The predicted octanol–water partition coefficient (Wildman–Crippen LogP) is 3.79. The number of nitrogens with one attached hydrogen (secondary N) is 1. The molecule has 6 atom stereocenters. The summed E-state index contributed by atoms with van der Waals surface area (Å²) in [5.41, 5.74) is -1.28. The summed E-state index contributed by atoms with van der Waals surface area (Å²) in [4.78, 5) is 4.29. The molecule has 2 fully saturated rings. The van der Waals surface area contributed by atoms with Crippen molar-refractivity contribution in [1.82, 2.24) is 10.3 Å². The second-order valence-electron chi connectivity index (χ2n) is 9.85. The smallest absolute Gasteiger partial charge is 0.164 e. The maximum absolute atomic E-state index is 12.7. The Morgan fingerprint density at radius 1 is 1.24 bits per heavy atom. The summed E-state index contributed by atoms with van der Waals surface area (Å²) in [6.07, 6.45) is 11.3. The van der Waals surface area contributed by atoms with Gasteiger partial charge in [-0.15, -0.1) is 0 Å². The van der Waals surface area contributed by atoms with Crippen molar-refractivity contribution in [3.05, 3.63) is 76.6 Å². The molecule has 3 N–H and O–H groups in total.